The summed E-state index contributed by atoms with van der Waals surface area (Å²) in [6, 6.07) is 0. The van der Waals surface area contributed by atoms with E-state index in [1.807, 2.05) is 11.8 Å². The van der Waals surface area contributed by atoms with Gasteiger partial charge in [0.1, 0.15) is 6.10 Å². The van der Waals surface area contributed by atoms with Crippen LogP contribution >= 0.6 is 11.8 Å². The van der Waals surface area contributed by atoms with Crippen molar-refractivity contribution in [2.75, 3.05) is 24.7 Å². The third kappa shape index (κ3) is 3.69. The number of thioether (sulfide) groups is 1. The quantitative estimate of drug-likeness (QED) is 0.688. The second-order valence-corrected chi connectivity index (χ2v) is 9.56. The highest BCUT2D eigenvalue weighted by Gasteiger charge is 2.57. The Morgan fingerprint density at radius 3 is 2.60 bits per heavy atom. The van der Waals surface area contributed by atoms with Gasteiger partial charge in [-0.15, -0.1) is 0 Å². The normalized spacial score (nSPS) is 43.2. The fourth-order valence-corrected chi connectivity index (χ4v) is 6.34. The first kappa shape index (κ1) is 18.0. The van der Waals surface area contributed by atoms with Gasteiger partial charge in [0.25, 0.3) is 0 Å². The molecule has 0 aromatic heterocycles. The molecule has 1 heterocycles. The van der Waals surface area contributed by atoms with Crippen LogP contribution in [0.25, 0.3) is 0 Å². The van der Waals surface area contributed by atoms with Crippen molar-refractivity contribution in [2.45, 2.75) is 57.3 Å². The largest absolute Gasteiger partial charge is 0.457 e. The number of esters is 1. The first-order chi connectivity index (χ1) is 11.8. The Morgan fingerprint density at radius 2 is 2.00 bits per heavy atom. The molecule has 4 saturated carbocycles. The standard InChI is InChI=1S/C18H26F2O4S/c1-17(19,20)16(21)24-15-12-4-11-5-13(15)8-18(6-11,7-12)10-23-14-9-25-3-2-22-14/h11-15H,2-10H2,1H3. The van der Waals surface area contributed by atoms with Crippen LogP contribution < -0.4 is 0 Å². The monoisotopic (exact) mass is 376 g/mol. The molecule has 5 fully saturated rings. The van der Waals surface area contributed by atoms with E-state index in [2.05, 4.69) is 0 Å². The number of hydrogen-bond acceptors (Lipinski definition) is 5. The summed E-state index contributed by atoms with van der Waals surface area (Å²) in [6.45, 7) is 2.02. The van der Waals surface area contributed by atoms with Crippen molar-refractivity contribution in [3.63, 3.8) is 0 Å². The van der Waals surface area contributed by atoms with Gasteiger partial charge >= 0.3 is 11.9 Å². The summed E-state index contributed by atoms with van der Waals surface area (Å²) < 4.78 is 43.4. The van der Waals surface area contributed by atoms with Crippen LogP contribution in [0.5, 0.6) is 0 Å². The van der Waals surface area contributed by atoms with Gasteiger partial charge in [0.05, 0.1) is 13.2 Å². The lowest BCUT2D eigenvalue weighted by Crippen LogP contribution is -2.57. The molecule has 142 valence electrons. The van der Waals surface area contributed by atoms with Crippen LogP contribution in [-0.2, 0) is 19.0 Å². The van der Waals surface area contributed by atoms with Crippen molar-refractivity contribution < 1.29 is 27.8 Å². The molecule has 3 unspecified atom stereocenters. The number of carbonyl (C=O) groups is 1. The van der Waals surface area contributed by atoms with Gasteiger partial charge in [-0.25, -0.2) is 4.79 Å². The lowest BCUT2D eigenvalue weighted by molar-refractivity contribution is -0.216. The molecule has 5 rings (SSSR count). The average Bonchev–Trinajstić information content (AvgIpc) is 2.56. The van der Waals surface area contributed by atoms with Gasteiger partial charge < -0.3 is 14.2 Å². The van der Waals surface area contributed by atoms with Gasteiger partial charge in [-0.2, -0.15) is 20.5 Å². The summed E-state index contributed by atoms with van der Waals surface area (Å²) in [5.41, 5.74) is 0.111. The number of carbonyl (C=O) groups excluding carboxylic acids is 1. The molecule has 4 aliphatic carbocycles. The summed E-state index contributed by atoms with van der Waals surface area (Å²) >= 11 is 1.85. The second-order valence-electron chi connectivity index (χ2n) is 8.41. The van der Waals surface area contributed by atoms with Gasteiger partial charge in [-0.1, -0.05) is 0 Å². The maximum atomic E-state index is 13.2. The number of rotatable bonds is 5. The number of ether oxygens (including phenoxy) is 3. The van der Waals surface area contributed by atoms with Crippen molar-refractivity contribution in [3.05, 3.63) is 0 Å². The fraction of sp³-hybridized carbons (Fsp3) is 0.944. The van der Waals surface area contributed by atoms with Gasteiger partial charge in [0.2, 0.25) is 0 Å². The summed E-state index contributed by atoms with van der Waals surface area (Å²) in [5.74, 6) is -1.89. The van der Waals surface area contributed by atoms with E-state index in [9.17, 15) is 13.6 Å². The number of alkyl halides is 2. The minimum Gasteiger partial charge on any atom is -0.457 e. The van der Waals surface area contributed by atoms with Crippen LogP contribution in [0.3, 0.4) is 0 Å². The minimum absolute atomic E-state index is 0.111. The molecule has 0 aromatic rings. The Kier molecular flexibility index (Phi) is 4.78. The molecule has 4 nitrogen and oxygen atoms in total. The predicted molar refractivity (Wildman–Crippen MR) is 89.5 cm³/mol. The van der Waals surface area contributed by atoms with E-state index in [0.717, 1.165) is 50.2 Å². The molecule has 5 aliphatic rings. The SMILES string of the molecule is CC(F)(F)C(=O)OC1C2CC3CC1CC(COC1CSCCO1)(C3)C2. The zero-order valence-corrected chi connectivity index (χ0v) is 15.4. The zero-order valence-electron chi connectivity index (χ0n) is 14.5. The third-order valence-electron chi connectivity index (χ3n) is 6.28. The van der Waals surface area contributed by atoms with Crippen LogP contribution in [0.4, 0.5) is 8.78 Å². The maximum Gasteiger partial charge on any atom is 0.376 e. The Balaban J connectivity index is 1.39. The van der Waals surface area contributed by atoms with Gasteiger partial charge in [-0.05, 0) is 55.3 Å². The topological polar surface area (TPSA) is 44.8 Å². The molecular formula is C18H26F2O4S. The summed E-state index contributed by atoms with van der Waals surface area (Å²) in [7, 11) is 0. The number of halogens is 2. The van der Waals surface area contributed by atoms with Crippen LogP contribution in [0.1, 0.15) is 39.0 Å². The lowest BCUT2D eigenvalue weighted by atomic mass is 9.49. The van der Waals surface area contributed by atoms with Crippen molar-refractivity contribution in [3.8, 4) is 0 Å². The molecule has 7 heteroatoms. The fourth-order valence-electron chi connectivity index (χ4n) is 5.57. The van der Waals surface area contributed by atoms with Crippen LogP contribution in [-0.4, -0.2) is 49.0 Å². The summed E-state index contributed by atoms with van der Waals surface area (Å²) in [4.78, 5) is 11.7. The van der Waals surface area contributed by atoms with E-state index >= 15 is 0 Å². The molecule has 1 aliphatic heterocycles. The van der Waals surface area contributed by atoms with Crippen molar-refractivity contribution in [1.82, 2.24) is 0 Å². The second kappa shape index (κ2) is 6.64. The molecule has 0 spiro atoms. The van der Waals surface area contributed by atoms with E-state index in [1.165, 1.54) is 0 Å². The highest BCUT2D eigenvalue weighted by Crippen LogP contribution is 2.61. The molecule has 0 radical (unpaired) electrons. The number of hydrogen-bond donors (Lipinski definition) is 0. The molecule has 0 aromatic carbocycles. The first-order valence-corrected chi connectivity index (χ1v) is 10.4. The Hall–Kier alpha value is -0.400. The Morgan fingerprint density at radius 1 is 1.28 bits per heavy atom. The zero-order chi connectivity index (χ0) is 17.7. The van der Waals surface area contributed by atoms with E-state index in [1.54, 1.807) is 0 Å². The van der Waals surface area contributed by atoms with Gasteiger partial charge in [-0.3, -0.25) is 0 Å². The summed E-state index contributed by atoms with van der Waals surface area (Å²) in [6.07, 6.45) is 4.47. The van der Waals surface area contributed by atoms with Crippen LogP contribution in [0.15, 0.2) is 0 Å². The molecular weight excluding hydrogens is 350 g/mol. The van der Waals surface area contributed by atoms with E-state index in [-0.39, 0.29) is 29.6 Å². The molecule has 3 atom stereocenters. The van der Waals surface area contributed by atoms with E-state index in [0.29, 0.717) is 19.4 Å². The summed E-state index contributed by atoms with van der Waals surface area (Å²) in [5, 5.41) is 0. The minimum atomic E-state index is -3.41. The van der Waals surface area contributed by atoms with Crippen LogP contribution in [0.2, 0.25) is 0 Å². The molecule has 4 bridgehead atoms. The lowest BCUT2D eigenvalue weighted by Gasteiger charge is -2.59. The van der Waals surface area contributed by atoms with Gasteiger partial charge in [0.15, 0.2) is 6.29 Å². The van der Waals surface area contributed by atoms with Crippen LogP contribution in [0, 0.1) is 23.2 Å². The highest BCUT2D eigenvalue weighted by molar-refractivity contribution is 7.99. The average molecular weight is 376 g/mol. The van der Waals surface area contributed by atoms with Crippen molar-refractivity contribution >= 4 is 17.7 Å². The predicted octanol–water partition coefficient (Wildman–Crippen LogP) is 3.49. The van der Waals surface area contributed by atoms with E-state index < -0.39 is 11.9 Å². The maximum absolute atomic E-state index is 13.2. The van der Waals surface area contributed by atoms with Crippen molar-refractivity contribution in [2.24, 2.45) is 23.2 Å². The molecule has 0 amide bonds. The Bertz CT molecular complexity index is 502. The van der Waals surface area contributed by atoms with E-state index in [4.69, 9.17) is 14.2 Å². The molecule has 25 heavy (non-hydrogen) atoms. The molecule has 1 saturated heterocycles. The highest BCUT2D eigenvalue weighted by atomic mass is 32.2. The van der Waals surface area contributed by atoms with Crippen molar-refractivity contribution in [1.29, 1.82) is 0 Å². The third-order valence-corrected chi connectivity index (χ3v) is 7.24. The Labute approximate surface area is 151 Å². The molecule has 0 N–H and O–H groups in total. The smallest absolute Gasteiger partial charge is 0.376 e. The first-order valence-electron chi connectivity index (χ1n) is 9.24. The van der Waals surface area contributed by atoms with Gasteiger partial charge in [0, 0.05) is 18.4 Å².